The number of ketones is 1. The summed E-state index contributed by atoms with van der Waals surface area (Å²) in [5, 5.41) is 12.0. The van der Waals surface area contributed by atoms with E-state index in [0.717, 1.165) is 0 Å². The standard InChI is InChI=1S/C16H17NO4/c1-2-3-4-5-6-7-8-9-13(19)17-11-10-12(18)15-16(21-15)14(11)20/h2-10,12,15-16,18H,1H3,(H,17,19)/b3-2+,5-4+,7-6+,9-8+/t12-,15-,16+/m0/s1. The van der Waals surface area contributed by atoms with Crippen LogP contribution < -0.4 is 5.32 Å². The summed E-state index contributed by atoms with van der Waals surface area (Å²) in [6.07, 6.45) is 13.3. The number of nitrogens with one attached hydrogen (secondary N) is 1. The first-order valence-corrected chi connectivity index (χ1v) is 6.66. The minimum atomic E-state index is -0.844. The summed E-state index contributed by atoms with van der Waals surface area (Å²) in [6.45, 7) is 1.92. The first kappa shape index (κ1) is 15.2. The summed E-state index contributed by atoms with van der Waals surface area (Å²) in [5.74, 6) is -0.722. The fourth-order valence-electron chi connectivity index (χ4n) is 1.88. The first-order chi connectivity index (χ1) is 10.1. The molecule has 5 heteroatoms. The molecule has 1 heterocycles. The second-order valence-corrected chi connectivity index (χ2v) is 4.60. The zero-order valence-corrected chi connectivity index (χ0v) is 11.6. The highest BCUT2D eigenvalue weighted by atomic mass is 16.6. The van der Waals surface area contributed by atoms with E-state index in [4.69, 9.17) is 4.74 Å². The number of carbonyl (C=O) groups is 2. The van der Waals surface area contributed by atoms with Crippen LogP contribution in [0.4, 0.5) is 0 Å². The molecule has 0 bridgehead atoms. The van der Waals surface area contributed by atoms with Crippen molar-refractivity contribution in [2.75, 3.05) is 0 Å². The highest BCUT2D eigenvalue weighted by molar-refractivity contribution is 6.06. The predicted molar refractivity (Wildman–Crippen MR) is 78.1 cm³/mol. The van der Waals surface area contributed by atoms with E-state index in [-0.39, 0.29) is 11.5 Å². The molecule has 0 unspecified atom stereocenters. The van der Waals surface area contributed by atoms with Gasteiger partial charge in [0.2, 0.25) is 11.7 Å². The number of hydrogen-bond acceptors (Lipinski definition) is 4. The van der Waals surface area contributed by atoms with Crippen LogP contribution in [0.15, 0.2) is 60.4 Å². The number of carbonyl (C=O) groups excluding carboxylic acids is 2. The zero-order chi connectivity index (χ0) is 15.2. The number of allylic oxidation sites excluding steroid dienone is 7. The number of aliphatic hydroxyl groups is 1. The van der Waals surface area contributed by atoms with Crippen LogP contribution in [-0.2, 0) is 14.3 Å². The Morgan fingerprint density at radius 3 is 2.62 bits per heavy atom. The molecular formula is C16H17NO4. The first-order valence-electron chi connectivity index (χ1n) is 6.66. The van der Waals surface area contributed by atoms with Crippen molar-refractivity contribution in [2.24, 2.45) is 0 Å². The molecule has 0 aromatic carbocycles. The van der Waals surface area contributed by atoms with Gasteiger partial charge in [0.15, 0.2) is 6.10 Å². The summed E-state index contributed by atoms with van der Waals surface area (Å²) in [6, 6.07) is 0. The third kappa shape index (κ3) is 4.11. The van der Waals surface area contributed by atoms with E-state index < -0.39 is 24.2 Å². The fraction of sp³-hybridized carbons (Fsp3) is 0.250. The van der Waals surface area contributed by atoms with Gasteiger partial charge >= 0.3 is 0 Å². The Hall–Kier alpha value is -2.24. The highest BCUT2D eigenvalue weighted by Gasteiger charge is 2.53. The molecule has 1 amide bonds. The van der Waals surface area contributed by atoms with Gasteiger partial charge in [0.25, 0.3) is 0 Å². The van der Waals surface area contributed by atoms with Gasteiger partial charge < -0.3 is 15.2 Å². The van der Waals surface area contributed by atoms with Crippen molar-refractivity contribution in [3.8, 4) is 0 Å². The second-order valence-electron chi connectivity index (χ2n) is 4.60. The average Bonchev–Trinajstić information content (AvgIpc) is 3.24. The quantitative estimate of drug-likeness (QED) is 0.448. The minimum absolute atomic E-state index is 0.0906. The van der Waals surface area contributed by atoms with Gasteiger partial charge in [-0.15, -0.1) is 0 Å². The number of rotatable bonds is 5. The molecule has 2 aliphatic rings. The summed E-state index contributed by atoms with van der Waals surface area (Å²) < 4.78 is 5.01. The van der Waals surface area contributed by atoms with E-state index in [0.29, 0.717) is 0 Å². The summed E-state index contributed by atoms with van der Waals surface area (Å²) in [5.41, 5.74) is 0.0906. The van der Waals surface area contributed by atoms with Crippen LogP contribution in [-0.4, -0.2) is 35.1 Å². The van der Waals surface area contributed by atoms with Gasteiger partial charge in [-0.3, -0.25) is 9.59 Å². The van der Waals surface area contributed by atoms with Gasteiger partial charge in [0.05, 0.1) is 5.70 Å². The lowest BCUT2D eigenvalue weighted by molar-refractivity contribution is -0.121. The molecule has 0 aromatic rings. The number of aliphatic hydroxyl groups excluding tert-OH is 1. The third-order valence-corrected chi connectivity index (χ3v) is 2.98. The van der Waals surface area contributed by atoms with Gasteiger partial charge in [0, 0.05) is 6.08 Å². The molecule has 0 aromatic heterocycles. The van der Waals surface area contributed by atoms with Crippen LogP contribution in [0.1, 0.15) is 6.92 Å². The number of amides is 1. The molecule has 1 fully saturated rings. The molecule has 110 valence electrons. The van der Waals surface area contributed by atoms with Crippen LogP contribution in [0.2, 0.25) is 0 Å². The largest absolute Gasteiger partial charge is 0.386 e. The molecule has 1 aliphatic heterocycles. The van der Waals surface area contributed by atoms with Crippen molar-refractivity contribution in [1.29, 1.82) is 0 Å². The molecule has 0 radical (unpaired) electrons. The Bertz CT molecular complexity index is 569. The lowest BCUT2D eigenvalue weighted by Gasteiger charge is -2.12. The molecule has 0 saturated carbocycles. The SMILES string of the molecule is C/C=C/C=C/C=C/C=C/C(=O)NC1=C[C@H](O)[C@@H]2O[C@@H]2C1=O. The Balaban J connectivity index is 1.83. The van der Waals surface area contributed by atoms with Crippen molar-refractivity contribution in [3.63, 3.8) is 0 Å². The van der Waals surface area contributed by atoms with E-state index in [1.165, 1.54) is 12.2 Å². The van der Waals surface area contributed by atoms with Crippen LogP contribution in [0.3, 0.4) is 0 Å². The number of epoxide rings is 1. The van der Waals surface area contributed by atoms with E-state index >= 15 is 0 Å². The molecule has 0 spiro atoms. The van der Waals surface area contributed by atoms with Gasteiger partial charge in [-0.2, -0.15) is 0 Å². The van der Waals surface area contributed by atoms with E-state index in [1.807, 2.05) is 31.2 Å². The maximum absolute atomic E-state index is 11.8. The molecular weight excluding hydrogens is 270 g/mol. The van der Waals surface area contributed by atoms with Crippen molar-refractivity contribution in [3.05, 3.63) is 60.4 Å². The number of hydrogen-bond donors (Lipinski definition) is 2. The third-order valence-electron chi connectivity index (χ3n) is 2.98. The topological polar surface area (TPSA) is 78.9 Å². The Labute approximate surface area is 123 Å². The highest BCUT2D eigenvalue weighted by Crippen LogP contribution is 2.32. The summed E-state index contributed by atoms with van der Waals surface area (Å²) in [4.78, 5) is 23.4. The Morgan fingerprint density at radius 1 is 1.24 bits per heavy atom. The maximum atomic E-state index is 11.8. The van der Waals surface area contributed by atoms with Crippen LogP contribution in [0.25, 0.3) is 0 Å². The molecule has 5 nitrogen and oxygen atoms in total. The monoisotopic (exact) mass is 287 g/mol. The van der Waals surface area contributed by atoms with Gasteiger partial charge in [-0.1, -0.05) is 42.5 Å². The Kier molecular flexibility index (Phi) is 5.03. The summed E-state index contributed by atoms with van der Waals surface area (Å²) in [7, 11) is 0. The Morgan fingerprint density at radius 2 is 1.90 bits per heavy atom. The van der Waals surface area contributed by atoms with E-state index in [9.17, 15) is 14.7 Å². The fourth-order valence-corrected chi connectivity index (χ4v) is 1.88. The van der Waals surface area contributed by atoms with E-state index in [2.05, 4.69) is 5.32 Å². The average molecular weight is 287 g/mol. The van der Waals surface area contributed by atoms with Crippen molar-refractivity contribution in [2.45, 2.75) is 25.2 Å². The molecule has 1 saturated heterocycles. The lowest BCUT2D eigenvalue weighted by Crippen LogP contribution is -2.35. The van der Waals surface area contributed by atoms with Crippen molar-refractivity contribution < 1.29 is 19.4 Å². The van der Waals surface area contributed by atoms with E-state index in [1.54, 1.807) is 18.2 Å². The van der Waals surface area contributed by atoms with Crippen molar-refractivity contribution in [1.82, 2.24) is 5.32 Å². The van der Waals surface area contributed by atoms with Gasteiger partial charge in [-0.25, -0.2) is 0 Å². The van der Waals surface area contributed by atoms with Gasteiger partial charge in [-0.05, 0) is 13.0 Å². The van der Waals surface area contributed by atoms with Crippen LogP contribution in [0.5, 0.6) is 0 Å². The van der Waals surface area contributed by atoms with Crippen LogP contribution >= 0.6 is 0 Å². The predicted octanol–water partition coefficient (Wildman–Crippen LogP) is 0.942. The lowest BCUT2D eigenvalue weighted by atomic mass is 10.0. The molecule has 3 atom stereocenters. The second kappa shape index (κ2) is 6.97. The van der Waals surface area contributed by atoms with Crippen LogP contribution in [0, 0.1) is 0 Å². The maximum Gasteiger partial charge on any atom is 0.248 e. The molecule has 21 heavy (non-hydrogen) atoms. The smallest absolute Gasteiger partial charge is 0.248 e. The van der Waals surface area contributed by atoms with Gasteiger partial charge in [0.1, 0.15) is 12.2 Å². The molecule has 2 rings (SSSR count). The molecule has 1 aliphatic carbocycles. The summed E-state index contributed by atoms with van der Waals surface area (Å²) >= 11 is 0. The van der Waals surface area contributed by atoms with Crippen molar-refractivity contribution >= 4 is 11.7 Å². The zero-order valence-electron chi connectivity index (χ0n) is 11.6. The normalized spacial score (nSPS) is 28.6. The number of ether oxygens (including phenoxy) is 1. The molecule has 2 N–H and O–H groups in total. The number of Topliss-reactive ketones (excluding diaryl/α,β-unsaturated/α-hetero) is 1. The number of fused-ring (bicyclic) bond motifs is 1. The minimum Gasteiger partial charge on any atom is -0.386 e.